The van der Waals surface area contributed by atoms with Crippen LogP contribution in [0.3, 0.4) is 0 Å². The number of aromatic amines is 1. The Hall–Kier alpha value is -3.22. The number of unbranched alkanes of at least 4 members (excludes halogenated alkanes) is 10. The second-order valence-corrected chi connectivity index (χ2v) is 16.5. The number of fused-ring (bicyclic) bond motifs is 2. The van der Waals surface area contributed by atoms with Gasteiger partial charge >= 0.3 is 0 Å². The third-order valence-electron chi connectivity index (χ3n) is 8.16. The Labute approximate surface area is 274 Å². The summed E-state index contributed by atoms with van der Waals surface area (Å²) in [5, 5.41) is 23.0. The van der Waals surface area contributed by atoms with E-state index in [0.29, 0.717) is 18.0 Å². The average Bonchev–Trinajstić information content (AvgIpc) is 3.70. The van der Waals surface area contributed by atoms with Crippen LogP contribution in [0, 0.1) is 0 Å². The van der Waals surface area contributed by atoms with Gasteiger partial charge in [0.05, 0.1) is 17.1 Å². The third kappa shape index (κ3) is 9.19. The predicted octanol–water partition coefficient (Wildman–Crippen LogP) is 6.51. The highest BCUT2D eigenvalue weighted by molar-refractivity contribution is 7.92. The molecule has 0 bridgehead atoms. The van der Waals surface area contributed by atoms with Gasteiger partial charge in [0.1, 0.15) is 0 Å². The molecule has 0 aliphatic heterocycles. The molecule has 0 aromatic carbocycles. The highest BCUT2D eigenvalue weighted by Crippen LogP contribution is 2.29. The van der Waals surface area contributed by atoms with E-state index in [4.69, 9.17) is 15.3 Å². The van der Waals surface area contributed by atoms with Gasteiger partial charge in [0.15, 0.2) is 11.3 Å². The minimum Gasteiger partial charge on any atom is -0.354 e. The molecule has 0 fully saturated rings. The maximum Gasteiger partial charge on any atom is 0.258 e. The van der Waals surface area contributed by atoms with Crippen LogP contribution in [0.2, 0.25) is 0 Å². The van der Waals surface area contributed by atoms with Gasteiger partial charge in [-0.3, -0.25) is 0 Å². The zero-order valence-electron chi connectivity index (χ0n) is 29.3. The summed E-state index contributed by atoms with van der Waals surface area (Å²) >= 11 is 0. The lowest BCUT2D eigenvalue weighted by molar-refractivity contribution is 0.553. The van der Waals surface area contributed by atoms with E-state index in [1.165, 1.54) is 43.2 Å². The fraction of sp³-hybridized carbons (Fsp3) is 0.727. The zero-order valence-corrected chi connectivity index (χ0v) is 30.1. The Morgan fingerprint density at radius 3 is 1.96 bits per heavy atom. The average molecular weight is 657 g/mol. The molecule has 256 valence electrons. The van der Waals surface area contributed by atoms with Gasteiger partial charge in [0, 0.05) is 28.2 Å². The molecule has 0 radical (unpaired) electrons. The first kappa shape index (κ1) is 35.6. The molecule has 46 heavy (non-hydrogen) atoms. The molecule has 0 spiro atoms. The van der Waals surface area contributed by atoms with Crippen LogP contribution in [-0.4, -0.2) is 60.3 Å². The number of anilines is 2. The largest absolute Gasteiger partial charge is 0.354 e. The van der Waals surface area contributed by atoms with Crippen LogP contribution < -0.4 is 15.3 Å². The summed E-state index contributed by atoms with van der Waals surface area (Å²) in [6.45, 7) is 17.9. The molecule has 0 aliphatic carbocycles. The molecular formula is C33H56N10O2S. The second kappa shape index (κ2) is 15.1. The molecule has 0 amide bonds. The number of nitrogens with zero attached hydrogens (tertiary/aromatic N) is 7. The molecule has 0 unspecified atom stereocenters. The molecule has 4 heterocycles. The van der Waals surface area contributed by atoms with Crippen LogP contribution >= 0.6 is 0 Å². The fourth-order valence-corrected chi connectivity index (χ4v) is 6.71. The predicted molar refractivity (Wildman–Crippen MR) is 187 cm³/mol. The first-order valence-corrected chi connectivity index (χ1v) is 18.9. The van der Waals surface area contributed by atoms with Crippen molar-refractivity contribution in [3.63, 3.8) is 0 Å². The number of hydrogen-bond donors (Lipinski definition) is 3. The van der Waals surface area contributed by atoms with E-state index >= 15 is 0 Å². The summed E-state index contributed by atoms with van der Waals surface area (Å²) < 4.78 is 31.4. The lowest BCUT2D eigenvalue weighted by Crippen LogP contribution is -2.23. The topological polar surface area (TPSA) is 147 Å². The normalized spacial score (nSPS) is 13.4. The highest BCUT2D eigenvalue weighted by atomic mass is 32.2. The van der Waals surface area contributed by atoms with Gasteiger partial charge in [-0.25, -0.2) is 13.1 Å². The van der Waals surface area contributed by atoms with Gasteiger partial charge in [0.2, 0.25) is 16.0 Å². The molecular weight excluding hydrogens is 600 g/mol. The maximum atomic E-state index is 12.9. The summed E-state index contributed by atoms with van der Waals surface area (Å²) in [6.07, 6.45) is 15.5. The van der Waals surface area contributed by atoms with Crippen molar-refractivity contribution in [1.29, 1.82) is 0 Å². The van der Waals surface area contributed by atoms with Gasteiger partial charge in [-0.1, -0.05) is 120 Å². The first-order valence-electron chi connectivity index (χ1n) is 17.3. The molecule has 0 saturated heterocycles. The van der Waals surface area contributed by atoms with Crippen molar-refractivity contribution in [3.05, 3.63) is 22.2 Å². The van der Waals surface area contributed by atoms with Gasteiger partial charge in [-0.15, -0.1) is 19.5 Å². The van der Waals surface area contributed by atoms with E-state index in [2.05, 4.69) is 80.5 Å². The number of rotatable bonds is 18. The molecule has 0 aliphatic rings. The van der Waals surface area contributed by atoms with E-state index in [0.717, 1.165) is 66.5 Å². The standard InChI is InChI=1S/C33H56N10O2S/c1-9-11-13-15-17-19-21-34-30-35-28-24(26(32(3,4)5)37-42(28)39-30)23-25-27(33(6,7)8)38-43-29(25)36-31(40-43)41-46(44,45)22-20-18-16-14-12-10-2/h23H,9-22H2,1-8H3,(H,40,41)(H2,34,35,39)/b25-23-. The molecule has 4 aromatic rings. The molecule has 4 rings (SSSR count). The monoisotopic (exact) mass is 656 g/mol. The maximum absolute atomic E-state index is 12.9. The summed E-state index contributed by atoms with van der Waals surface area (Å²) in [7, 11) is -3.58. The van der Waals surface area contributed by atoms with Crippen LogP contribution in [0.25, 0.3) is 17.4 Å². The molecule has 3 N–H and O–H groups in total. The molecule has 0 atom stereocenters. The Kier molecular flexibility index (Phi) is 11.7. The molecule has 13 heteroatoms. The molecule has 0 saturated carbocycles. The van der Waals surface area contributed by atoms with E-state index in [-0.39, 0.29) is 22.5 Å². The smallest absolute Gasteiger partial charge is 0.258 e. The molecule has 12 nitrogen and oxygen atoms in total. The van der Waals surface area contributed by atoms with Gasteiger partial charge in [-0.05, 0) is 18.9 Å². The van der Waals surface area contributed by atoms with Crippen molar-refractivity contribution < 1.29 is 8.42 Å². The Morgan fingerprint density at radius 1 is 0.739 bits per heavy atom. The first-order chi connectivity index (χ1) is 21.7. The van der Waals surface area contributed by atoms with Gasteiger partial charge < -0.3 is 10.3 Å². The van der Waals surface area contributed by atoms with Crippen LogP contribution in [-0.2, 0) is 20.9 Å². The van der Waals surface area contributed by atoms with Crippen LogP contribution in [0.4, 0.5) is 11.9 Å². The van der Waals surface area contributed by atoms with Crippen molar-refractivity contribution >= 4 is 39.3 Å². The minimum atomic E-state index is -3.58. The van der Waals surface area contributed by atoms with Crippen molar-refractivity contribution in [1.82, 2.24) is 39.6 Å². The van der Waals surface area contributed by atoms with E-state index in [9.17, 15) is 8.42 Å². The van der Waals surface area contributed by atoms with Crippen molar-refractivity contribution in [2.24, 2.45) is 0 Å². The number of hydrogen-bond acceptors (Lipinski definition) is 8. The summed E-state index contributed by atoms with van der Waals surface area (Å²) in [5.41, 5.74) is 3.25. The van der Waals surface area contributed by atoms with Crippen molar-refractivity contribution in [3.8, 4) is 0 Å². The fourth-order valence-electron chi connectivity index (χ4n) is 5.66. The lowest BCUT2D eigenvalue weighted by Gasteiger charge is -2.17. The Balaban J connectivity index is 1.65. The number of aromatic nitrogens is 8. The van der Waals surface area contributed by atoms with Gasteiger partial charge in [0.25, 0.3) is 5.95 Å². The minimum absolute atomic E-state index is 0.0301. The van der Waals surface area contributed by atoms with Gasteiger partial charge in [-0.2, -0.15) is 15.2 Å². The number of sulfonamides is 1. The van der Waals surface area contributed by atoms with Crippen LogP contribution in [0.1, 0.15) is 149 Å². The van der Waals surface area contributed by atoms with E-state index < -0.39 is 10.0 Å². The van der Waals surface area contributed by atoms with Crippen molar-refractivity contribution in [2.75, 3.05) is 22.3 Å². The summed E-state index contributed by atoms with van der Waals surface area (Å²) in [4.78, 5) is 8.09. The quantitative estimate of drug-likeness (QED) is 0.103. The molecule has 4 aromatic heterocycles. The second-order valence-electron chi connectivity index (χ2n) is 14.6. The van der Waals surface area contributed by atoms with E-state index in [1.807, 2.05) is 6.08 Å². The Bertz CT molecular complexity index is 1720. The van der Waals surface area contributed by atoms with Crippen molar-refractivity contribution in [2.45, 2.75) is 143 Å². The van der Waals surface area contributed by atoms with E-state index in [1.54, 1.807) is 4.63 Å². The van der Waals surface area contributed by atoms with Crippen LogP contribution in [0.5, 0.6) is 0 Å². The number of H-pyrrole nitrogens is 1. The SMILES string of the molecule is CCCCCCCCNc1nn2nc(C(C)(C)C)c(/C=c3/c(C(C)(C)C)nn4nc(NS(=O)(=O)CCCCCCCC)nc34)c2[nH]1. The number of nitrogens with one attached hydrogen (secondary N) is 3. The Morgan fingerprint density at radius 2 is 1.33 bits per heavy atom. The lowest BCUT2D eigenvalue weighted by atomic mass is 9.88. The highest BCUT2D eigenvalue weighted by Gasteiger charge is 2.28. The summed E-state index contributed by atoms with van der Waals surface area (Å²) in [6, 6.07) is 0. The zero-order chi connectivity index (χ0) is 33.5. The summed E-state index contributed by atoms with van der Waals surface area (Å²) in [5.74, 6) is 0.751. The van der Waals surface area contributed by atoms with Crippen LogP contribution in [0.15, 0.2) is 0 Å². The third-order valence-corrected chi connectivity index (χ3v) is 9.48.